The molecule has 0 bridgehead atoms. The summed E-state index contributed by atoms with van der Waals surface area (Å²) in [6.45, 7) is 1.78. The lowest BCUT2D eigenvalue weighted by atomic mass is 10.1. The summed E-state index contributed by atoms with van der Waals surface area (Å²) in [4.78, 5) is 18.5. The van der Waals surface area contributed by atoms with Gasteiger partial charge in [-0.15, -0.1) is 0 Å². The molecular weight excluding hydrogens is 260 g/mol. The van der Waals surface area contributed by atoms with Gasteiger partial charge in [0.1, 0.15) is 17.3 Å². The van der Waals surface area contributed by atoms with Crippen molar-refractivity contribution >= 4 is 0 Å². The second-order valence-electron chi connectivity index (χ2n) is 4.14. The molecular formula is C14H16N2O4. The number of aromatic amines is 1. The SMILES string of the molecule is CCc1c(O)nc(-c2ccc(OC)cc2OC)[nH]c1=O. The fraction of sp³-hybridized carbons (Fsp3) is 0.286. The molecule has 0 amide bonds. The molecule has 6 heteroatoms. The van der Waals surface area contributed by atoms with Crippen molar-refractivity contribution in [2.24, 2.45) is 0 Å². The fourth-order valence-corrected chi connectivity index (χ4v) is 1.93. The molecule has 0 aliphatic rings. The summed E-state index contributed by atoms with van der Waals surface area (Å²) in [5.74, 6) is 1.12. The molecule has 1 heterocycles. The molecule has 0 aliphatic heterocycles. The van der Waals surface area contributed by atoms with Crippen LogP contribution in [0.1, 0.15) is 12.5 Å². The molecule has 0 unspecified atom stereocenters. The number of hydrogen-bond donors (Lipinski definition) is 2. The van der Waals surface area contributed by atoms with E-state index in [0.717, 1.165) is 0 Å². The van der Waals surface area contributed by atoms with Gasteiger partial charge in [-0.1, -0.05) is 6.92 Å². The first-order valence-electron chi connectivity index (χ1n) is 6.15. The second-order valence-corrected chi connectivity index (χ2v) is 4.14. The number of rotatable bonds is 4. The minimum Gasteiger partial charge on any atom is -0.497 e. The molecule has 2 N–H and O–H groups in total. The Morgan fingerprint density at radius 1 is 1.30 bits per heavy atom. The van der Waals surface area contributed by atoms with Gasteiger partial charge in [0.25, 0.3) is 5.56 Å². The zero-order valence-electron chi connectivity index (χ0n) is 11.6. The second kappa shape index (κ2) is 5.64. The maximum absolute atomic E-state index is 11.9. The van der Waals surface area contributed by atoms with Crippen LogP contribution in [0.25, 0.3) is 11.4 Å². The number of aromatic nitrogens is 2. The van der Waals surface area contributed by atoms with E-state index in [1.807, 2.05) is 0 Å². The van der Waals surface area contributed by atoms with Crippen molar-refractivity contribution in [3.05, 3.63) is 34.1 Å². The molecule has 1 aromatic carbocycles. The van der Waals surface area contributed by atoms with Crippen molar-refractivity contribution in [2.75, 3.05) is 14.2 Å². The van der Waals surface area contributed by atoms with E-state index in [4.69, 9.17) is 9.47 Å². The Hall–Kier alpha value is -2.50. The molecule has 0 atom stereocenters. The van der Waals surface area contributed by atoms with Crippen LogP contribution in [0.5, 0.6) is 17.4 Å². The van der Waals surface area contributed by atoms with Gasteiger partial charge in [0.2, 0.25) is 5.88 Å². The van der Waals surface area contributed by atoms with Gasteiger partial charge in [-0.25, -0.2) is 0 Å². The van der Waals surface area contributed by atoms with Gasteiger partial charge < -0.3 is 19.6 Å². The van der Waals surface area contributed by atoms with Crippen LogP contribution in [0.4, 0.5) is 0 Å². The van der Waals surface area contributed by atoms with Crippen LogP contribution in [-0.2, 0) is 6.42 Å². The highest BCUT2D eigenvalue weighted by Gasteiger charge is 2.14. The minimum absolute atomic E-state index is 0.254. The highest BCUT2D eigenvalue weighted by molar-refractivity contribution is 5.66. The lowest BCUT2D eigenvalue weighted by Crippen LogP contribution is -2.14. The van der Waals surface area contributed by atoms with Crippen molar-refractivity contribution in [3.8, 4) is 28.8 Å². The number of ether oxygens (including phenoxy) is 2. The van der Waals surface area contributed by atoms with E-state index < -0.39 is 0 Å². The van der Waals surface area contributed by atoms with Gasteiger partial charge >= 0.3 is 0 Å². The molecule has 0 spiro atoms. The normalized spacial score (nSPS) is 10.3. The van der Waals surface area contributed by atoms with E-state index in [0.29, 0.717) is 23.5 Å². The molecule has 6 nitrogen and oxygen atoms in total. The minimum atomic E-state index is -0.354. The number of methoxy groups -OCH3 is 2. The van der Waals surface area contributed by atoms with Gasteiger partial charge in [-0.05, 0) is 18.6 Å². The summed E-state index contributed by atoms with van der Waals surface area (Å²) in [6, 6.07) is 5.11. The average molecular weight is 276 g/mol. The summed E-state index contributed by atoms with van der Waals surface area (Å²) in [7, 11) is 3.06. The fourth-order valence-electron chi connectivity index (χ4n) is 1.93. The molecule has 0 aliphatic carbocycles. The van der Waals surface area contributed by atoms with E-state index in [1.165, 1.54) is 7.11 Å². The van der Waals surface area contributed by atoms with Crippen molar-refractivity contribution in [1.29, 1.82) is 0 Å². The molecule has 0 saturated carbocycles. The number of nitrogens with zero attached hydrogens (tertiary/aromatic N) is 1. The Labute approximate surface area is 116 Å². The van der Waals surface area contributed by atoms with Gasteiger partial charge in [-0.2, -0.15) is 4.98 Å². The molecule has 2 aromatic rings. The highest BCUT2D eigenvalue weighted by Crippen LogP contribution is 2.31. The maximum Gasteiger partial charge on any atom is 0.258 e. The quantitative estimate of drug-likeness (QED) is 0.888. The van der Waals surface area contributed by atoms with Crippen LogP contribution < -0.4 is 15.0 Å². The average Bonchev–Trinajstić information content (AvgIpc) is 2.46. The van der Waals surface area contributed by atoms with Crippen molar-refractivity contribution in [1.82, 2.24) is 9.97 Å². The molecule has 2 rings (SSSR count). The van der Waals surface area contributed by atoms with E-state index in [2.05, 4.69) is 9.97 Å². The summed E-state index contributed by atoms with van der Waals surface area (Å²) in [5.41, 5.74) is 0.484. The first kappa shape index (κ1) is 13.9. The van der Waals surface area contributed by atoms with E-state index in [9.17, 15) is 9.90 Å². The van der Waals surface area contributed by atoms with Gasteiger partial charge in [-0.3, -0.25) is 4.79 Å². The first-order chi connectivity index (χ1) is 9.60. The number of hydrogen-bond acceptors (Lipinski definition) is 5. The monoisotopic (exact) mass is 276 g/mol. The number of benzene rings is 1. The summed E-state index contributed by atoms with van der Waals surface area (Å²) >= 11 is 0. The van der Waals surface area contributed by atoms with Crippen LogP contribution in [0.3, 0.4) is 0 Å². The third-order valence-corrected chi connectivity index (χ3v) is 3.01. The topological polar surface area (TPSA) is 84.4 Å². The van der Waals surface area contributed by atoms with E-state index in [1.54, 1.807) is 32.2 Å². The van der Waals surface area contributed by atoms with Gasteiger partial charge in [0, 0.05) is 6.07 Å². The zero-order valence-corrected chi connectivity index (χ0v) is 11.6. The largest absolute Gasteiger partial charge is 0.497 e. The summed E-state index contributed by atoms with van der Waals surface area (Å²) in [5, 5.41) is 9.80. The van der Waals surface area contributed by atoms with Crippen molar-refractivity contribution < 1.29 is 14.6 Å². The van der Waals surface area contributed by atoms with Crippen molar-refractivity contribution in [3.63, 3.8) is 0 Å². The number of nitrogens with one attached hydrogen (secondary N) is 1. The lowest BCUT2D eigenvalue weighted by molar-refractivity contribution is 0.395. The Morgan fingerprint density at radius 2 is 2.05 bits per heavy atom. The Balaban J connectivity index is 2.60. The molecule has 20 heavy (non-hydrogen) atoms. The maximum atomic E-state index is 11.9. The van der Waals surface area contributed by atoms with E-state index in [-0.39, 0.29) is 22.8 Å². The van der Waals surface area contributed by atoms with Gasteiger partial charge in [0.05, 0.1) is 25.3 Å². The summed E-state index contributed by atoms with van der Waals surface area (Å²) in [6.07, 6.45) is 0.411. The highest BCUT2D eigenvalue weighted by atomic mass is 16.5. The zero-order chi connectivity index (χ0) is 14.7. The van der Waals surface area contributed by atoms with Crippen molar-refractivity contribution in [2.45, 2.75) is 13.3 Å². The van der Waals surface area contributed by atoms with Crippen LogP contribution in [-0.4, -0.2) is 29.3 Å². The number of aromatic hydroxyl groups is 1. The predicted octanol–water partition coefficient (Wildman–Crippen LogP) is 1.72. The molecule has 0 fully saturated rings. The molecule has 0 saturated heterocycles. The van der Waals surface area contributed by atoms with E-state index >= 15 is 0 Å². The summed E-state index contributed by atoms with van der Waals surface area (Å²) < 4.78 is 10.4. The Bertz CT molecular complexity index is 679. The lowest BCUT2D eigenvalue weighted by Gasteiger charge is -2.10. The number of H-pyrrole nitrogens is 1. The Kier molecular flexibility index (Phi) is 3.93. The van der Waals surface area contributed by atoms with Crippen LogP contribution >= 0.6 is 0 Å². The molecule has 106 valence electrons. The smallest absolute Gasteiger partial charge is 0.258 e. The third kappa shape index (κ3) is 2.45. The Morgan fingerprint density at radius 3 is 2.60 bits per heavy atom. The molecule has 0 radical (unpaired) electrons. The van der Waals surface area contributed by atoms with Crippen LogP contribution in [0.2, 0.25) is 0 Å². The third-order valence-electron chi connectivity index (χ3n) is 3.01. The first-order valence-corrected chi connectivity index (χ1v) is 6.15. The van der Waals surface area contributed by atoms with Gasteiger partial charge in [0.15, 0.2) is 0 Å². The molecule has 1 aromatic heterocycles. The van der Waals surface area contributed by atoms with Crippen LogP contribution in [0, 0.1) is 0 Å². The van der Waals surface area contributed by atoms with Crippen LogP contribution in [0.15, 0.2) is 23.0 Å². The standard InChI is InChI=1S/C14H16N2O4/c1-4-9-13(17)15-12(16-14(9)18)10-6-5-8(19-2)7-11(10)20-3/h5-7H,4H2,1-3H3,(H2,15,16,17,18). The predicted molar refractivity (Wildman–Crippen MR) is 74.4 cm³/mol.